The fourth-order valence-corrected chi connectivity index (χ4v) is 0.465. The van der Waals surface area contributed by atoms with Crippen molar-refractivity contribution in [2.45, 2.75) is 0 Å². The van der Waals surface area contributed by atoms with E-state index in [1.165, 1.54) is 5.48 Å². The molecule has 0 aliphatic rings. The number of hydrogen-bond donors (Lipinski definition) is 7. The van der Waals surface area contributed by atoms with E-state index in [2.05, 4.69) is 10.4 Å². The monoisotopic (exact) mass is 213 g/mol. The van der Waals surface area contributed by atoms with Gasteiger partial charge in [-0.3, -0.25) is 10.8 Å². The van der Waals surface area contributed by atoms with Crippen molar-refractivity contribution >= 4 is 19.8 Å². The number of nitrogens with two attached hydrogens (primary N) is 1. The summed E-state index contributed by atoms with van der Waals surface area (Å²) >= 11 is 0. The van der Waals surface area contributed by atoms with Crippen LogP contribution in [0.5, 0.6) is 0 Å². The molecule has 0 rings (SSSR count). The topological polar surface area (TPSA) is 170 Å². The van der Waals surface area contributed by atoms with Gasteiger partial charge in [-0.05, 0) is 0 Å². The van der Waals surface area contributed by atoms with E-state index in [0.29, 0.717) is 0 Å². The van der Waals surface area contributed by atoms with Crippen LogP contribution in [0.15, 0.2) is 0 Å². The van der Waals surface area contributed by atoms with Gasteiger partial charge in [-0.1, -0.05) is 0 Å². The highest BCUT2D eigenvalue weighted by Gasteiger charge is 2.14. The third kappa shape index (κ3) is 8.56. The third-order valence-corrected chi connectivity index (χ3v) is 0.906. The van der Waals surface area contributed by atoms with Gasteiger partial charge in [0.25, 0.3) is 0 Å². The Kier molecular flexibility index (Phi) is 4.14. The van der Waals surface area contributed by atoms with Crippen LogP contribution in [-0.4, -0.2) is 21.8 Å². The van der Waals surface area contributed by atoms with Crippen LogP contribution in [0.1, 0.15) is 0 Å². The highest BCUT2D eigenvalue weighted by molar-refractivity contribution is 7.46. The number of urea groups is 1. The lowest BCUT2D eigenvalue weighted by atomic mass is 11.0. The second-order valence-corrected chi connectivity index (χ2v) is 2.84. The van der Waals surface area contributed by atoms with Crippen LogP contribution in [0.2, 0.25) is 0 Å². The molecule has 0 unspecified atom stereocenters. The summed E-state index contributed by atoms with van der Waals surface area (Å²) in [6.07, 6.45) is 0. The number of hydrazine groups is 1. The van der Waals surface area contributed by atoms with E-state index in [9.17, 15) is 9.36 Å². The van der Waals surface area contributed by atoms with Crippen molar-refractivity contribution in [3.05, 3.63) is 0 Å². The predicted octanol–water partition coefficient (Wildman–Crippen LogP) is -2.29. The number of hydrogen-bond acceptors (Lipinski definition) is 4. The zero-order valence-corrected chi connectivity index (χ0v) is 7.04. The van der Waals surface area contributed by atoms with Crippen molar-refractivity contribution in [3.8, 4) is 0 Å². The van der Waals surface area contributed by atoms with Crippen LogP contribution in [0.4, 0.5) is 4.79 Å². The smallest absolute Gasteiger partial charge is 0.350 e. The van der Waals surface area contributed by atoms with Gasteiger partial charge in [0, 0.05) is 0 Å². The molecule has 0 aromatic carbocycles. The van der Waals surface area contributed by atoms with Gasteiger partial charge in [0.05, 0.1) is 0 Å². The number of carbonyl (C=O) groups excluding carboxylic acids is 1. The molecule has 0 aliphatic carbocycles. The number of guanidine groups is 1. The summed E-state index contributed by atoms with van der Waals surface area (Å²) in [7, 11) is -4.70. The molecule has 8 N–H and O–H groups in total. The molecule has 0 bridgehead atoms. The minimum Gasteiger partial charge on any atom is -0.350 e. The molecule has 0 atom stereocenters. The fourth-order valence-electron chi connectivity index (χ4n) is 0.255. The summed E-state index contributed by atoms with van der Waals surface area (Å²) in [6.45, 7) is 0. The minimum absolute atomic E-state index is 0.692. The molecule has 0 saturated carbocycles. The molecular formula is C2H8N5O5P. The molecule has 0 spiro atoms. The molecular weight excluding hydrogens is 205 g/mol. The molecule has 0 radical (unpaired) electrons. The number of carbonyl (C=O) groups is 1. The van der Waals surface area contributed by atoms with E-state index < -0.39 is 19.8 Å². The van der Waals surface area contributed by atoms with Gasteiger partial charge in [-0.2, -0.15) is 4.62 Å². The molecule has 0 aromatic heterocycles. The summed E-state index contributed by atoms with van der Waals surface area (Å²) in [5.74, 6) is -0.692. The lowest BCUT2D eigenvalue weighted by Crippen LogP contribution is -2.49. The van der Waals surface area contributed by atoms with Crippen LogP contribution >= 0.6 is 7.82 Å². The van der Waals surface area contributed by atoms with E-state index >= 15 is 0 Å². The molecule has 13 heavy (non-hydrogen) atoms. The van der Waals surface area contributed by atoms with Crippen LogP contribution in [0.3, 0.4) is 0 Å². The Balaban J connectivity index is 3.65. The molecule has 10 nitrogen and oxygen atoms in total. The van der Waals surface area contributed by atoms with E-state index in [0.717, 1.165) is 0 Å². The maximum absolute atomic E-state index is 10.0. The van der Waals surface area contributed by atoms with Crippen molar-refractivity contribution < 1.29 is 23.8 Å². The first-order chi connectivity index (χ1) is 5.81. The quantitative estimate of drug-likeness (QED) is 0.117. The first-order valence-electron chi connectivity index (χ1n) is 2.71. The van der Waals surface area contributed by atoms with E-state index in [-0.39, 0.29) is 0 Å². The Hall–Kier alpha value is -1.35. The lowest BCUT2D eigenvalue weighted by Gasteiger charge is -2.09. The van der Waals surface area contributed by atoms with Crippen LogP contribution in [0.25, 0.3) is 0 Å². The van der Waals surface area contributed by atoms with Crippen LogP contribution in [-0.2, 0) is 9.19 Å². The summed E-state index contributed by atoms with van der Waals surface area (Å²) in [6, 6.07) is -0.970. The lowest BCUT2D eigenvalue weighted by molar-refractivity contribution is 0.160. The standard InChI is InChI=1S/C2H8N5O5P/c3-1(5-6-2(4)8)7-12-13(9,10)11/h(H3,3,5,7)(H3,4,6,8)(H2,9,10,11). The number of phosphoric acid groups is 1. The Morgan fingerprint density at radius 3 is 2.38 bits per heavy atom. The number of rotatable bonds is 2. The highest BCUT2D eigenvalue weighted by Crippen LogP contribution is 2.33. The van der Waals surface area contributed by atoms with Gasteiger partial charge in [0.1, 0.15) is 0 Å². The predicted molar refractivity (Wildman–Crippen MR) is 39.8 cm³/mol. The van der Waals surface area contributed by atoms with Crippen molar-refractivity contribution in [3.63, 3.8) is 0 Å². The molecule has 0 aliphatic heterocycles. The zero-order chi connectivity index (χ0) is 10.5. The van der Waals surface area contributed by atoms with Crippen molar-refractivity contribution in [2.24, 2.45) is 5.73 Å². The van der Waals surface area contributed by atoms with Gasteiger partial charge >= 0.3 is 13.9 Å². The summed E-state index contributed by atoms with van der Waals surface area (Å²) in [5.41, 5.74) is 9.69. The third-order valence-electron chi connectivity index (χ3n) is 0.577. The van der Waals surface area contributed by atoms with Gasteiger partial charge < -0.3 is 15.5 Å². The molecule has 0 heterocycles. The van der Waals surface area contributed by atoms with Gasteiger partial charge in [0.2, 0.25) is 5.96 Å². The van der Waals surface area contributed by atoms with Gasteiger partial charge in [-0.15, -0.1) is 0 Å². The molecule has 0 aromatic rings. The van der Waals surface area contributed by atoms with Crippen molar-refractivity contribution in [2.75, 3.05) is 0 Å². The molecule has 0 saturated heterocycles. The second-order valence-electron chi connectivity index (χ2n) is 1.67. The summed E-state index contributed by atoms with van der Waals surface area (Å²) < 4.78 is 13.7. The largest absolute Gasteiger partial charge is 0.491 e. The Morgan fingerprint density at radius 2 is 2.00 bits per heavy atom. The first-order valence-corrected chi connectivity index (χ1v) is 4.24. The number of primary amides is 1. The van der Waals surface area contributed by atoms with Crippen molar-refractivity contribution in [1.82, 2.24) is 16.3 Å². The maximum Gasteiger partial charge on any atom is 0.491 e. The average Bonchev–Trinajstić information content (AvgIpc) is 1.95. The molecule has 76 valence electrons. The van der Waals surface area contributed by atoms with Gasteiger partial charge in [-0.25, -0.2) is 20.3 Å². The maximum atomic E-state index is 10.0. The van der Waals surface area contributed by atoms with E-state index in [1.54, 1.807) is 5.43 Å². The Bertz CT molecular complexity index is 247. The zero-order valence-electron chi connectivity index (χ0n) is 6.14. The first kappa shape index (κ1) is 11.6. The SMILES string of the molecule is N=C(NNC(N)=O)NOP(=O)(O)O. The Labute approximate surface area is 72.1 Å². The molecule has 11 heteroatoms. The van der Waals surface area contributed by atoms with Gasteiger partial charge in [0.15, 0.2) is 0 Å². The fraction of sp³-hybridized carbons (Fsp3) is 0. The number of nitrogens with one attached hydrogen (secondary N) is 4. The second kappa shape index (κ2) is 4.62. The number of amides is 2. The molecule has 0 fully saturated rings. The van der Waals surface area contributed by atoms with E-state index in [4.69, 9.17) is 15.2 Å². The normalized spacial score (nSPS) is 10.3. The van der Waals surface area contributed by atoms with Crippen LogP contribution in [0, 0.1) is 5.41 Å². The van der Waals surface area contributed by atoms with Crippen LogP contribution < -0.4 is 22.1 Å². The number of hydroxylamine groups is 1. The average molecular weight is 213 g/mol. The van der Waals surface area contributed by atoms with E-state index in [1.807, 2.05) is 5.43 Å². The Morgan fingerprint density at radius 1 is 1.46 bits per heavy atom. The van der Waals surface area contributed by atoms with Crippen molar-refractivity contribution in [1.29, 1.82) is 5.41 Å². The summed E-state index contributed by atoms with van der Waals surface area (Å²) in [4.78, 5) is 26.3. The molecule has 2 amide bonds. The highest BCUT2D eigenvalue weighted by atomic mass is 31.2. The summed E-state index contributed by atoms with van der Waals surface area (Å²) in [5, 5.41) is 6.80. The minimum atomic E-state index is -4.70.